The van der Waals surface area contributed by atoms with E-state index < -0.39 is 0 Å². The Labute approximate surface area is 134 Å². The largest absolute Gasteiger partial charge is 0.356 e. The minimum absolute atomic E-state index is 0.354. The van der Waals surface area contributed by atoms with Crippen molar-refractivity contribution in [1.29, 1.82) is 0 Å². The van der Waals surface area contributed by atoms with Gasteiger partial charge in [-0.15, -0.1) is 0 Å². The molecule has 5 aliphatic rings. The molecule has 124 valence electrons. The zero-order chi connectivity index (χ0) is 14.9. The summed E-state index contributed by atoms with van der Waals surface area (Å²) in [4.78, 5) is 15.2. The molecule has 1 amide bonds. The third-order valence-electron chi connectivity index (χ3n) is 6.69. The number of rotatable bonds is 5. The van der Waals surface area contributed by atoms with Crippen molar-refractivity contribution >= 4 is 5.91 Å². The second-order valence-electron chi connectivity index (χ2n) is 8.19. The molecule has 0 radical (unpaired) electrons. The summed E-state index contributed by atoms with van der Waals surface area (Å²) >= 11 is 0. The van der Waals surface area contributed by atoms with Crippen molar-refractivity contribution in [3.05, 3.63) is 0 Å². The third-order valence-corrected chi connectivity index (χ3v) is 6.69. The van der Waals surface area contributed by atoms with Crippen LogP contribution in [0.2, 0.25) is 0 Å². The van der Waals surface area contributed by atoms with E-state index in [1.165, 1.54) is 32.1 Å². The quantitative estimate of drug-likeness (QED) is 0.756. The minimum Gasteiger partial charge on any atom is -0.356 e. The number of nitrogens with zero attached hydrogens (tertiary/aromatic N) is 1. The lowest BCUT2D eigenvalue weighted by molar-refractivity contribution is -0.138. The summed E-state index contributed by atoms with van der Waals surface area (Å²) < 4.78 is 0. The molecular weight excluding hydrogens is 274 g/mol. The average molecular weight is 305 g/mol. The maximum absolute atomic E-state index is 12.6. The molecule has 0 unspecified atom stereocenters. The molecule has 0 aromatic rings. The second-order valence-corrected chi connectivity index (χ2v) is 8.19. The van der Waals surface area contributed by atoms with E-state index in [1.807, 2.05) is 0 Å². The Morgan fingerprint density at radius 3 is 2.27 bits per heavy atom. The lowest BCUT2D eigenvalue weighted by atomic mass is 9.51. The number of piperazine rings is 1. The van der Waals surface area contributed by atoms with Crippen LogP contribution in [0.3, 0.4) is 0 Å². The van der Waals surface area contributed by atoms with Gasteiger partial charge in [0.15, 0.2) is 0 Å². The van der Waals surface area contributed by atoms with E-state index in [0.717, 1.165) is 57.5 Å². The summed E-state index contributed by atoms with van der Waals surface area (Å²) in [5.74, 6) is 4.08. The van der Waals surface area contributed by atoms with Gasteiger partial charge in [-0.2, -0.15) is 0 Å². The maximum Gasteiger partial charge on any atom is 0.223 e. The van der Waals surface area contributed by atoms with Gasteiger partial charge in [-0.05, 0) is 68.7 Å². The molecule has 0 aromatic heterocycles. The molecule has 1 saturated heterocycles. The van der Waals surface area contributed by atoms with E-state index >= 15 is 0 Å². The first-order valence-electron chi connectivity index (χ1n) is 9.50. The maximum atomic E-state index is 12.6. The molecule has 4 bridgehead atoms. The fraction of sp³-hybridized carbons (Fsp3) is 0.944. The van der Waals surface area contributed by atoms with Gasteiger partial charge in [0.25, 0.3) is 0 Å². The van der Waals surface area contributed by atoms with E-state index in [2.05, 4.69) is 15.5 Å². The standard InChI is InChI=1S/C18H31N3O/c22-18(20-2-1-5-21-6-3-19-4-7-21)17-15-9-13-8-14(11-15)12-16(17)10-13/h13-17,19H,1-12H2,(H,20,22). The molecule has 0 spiro atoms. The highest BCUT2D eigenvalue weighted by Crippen LogP contribution is 2.56. The van der Waals surface area contributed by atoms with Gasteiger partial charge in [-0.3, -0.25) is 4.79 Å². The monoisotopic (exact) mass is 305 g/mol. The Kier molecular flexibility index (Phi) is 4.40. The molecule has 4 nitrogen and oxygen atoms in total. The molecule has 5 fully saturated rings. The number of carbonyl (C=O) groups excluding carboxylic acids is 1. The van der Waals surface area contributed by atoms with Crippen LogP contribution < -0.4 is 10.6 Å². The van der Waals surface area contributed by atoms with Gasteiger partial charge >= 0.3 is 0 Å². The predicted molar refractivity (Wildman–Crippen MR) is 87.5 cm³/mol. The molecule has 1 aliphatic heterocycles. The van der Waals surface area contributed by atoms with Crippen LogP contribution in [0.4, 0.5) is 0 Å². The van der Waals surface area contributed by atoms with Gasteiger partial charge in [0.1, 0.15) is 0 Å². The molecular formula is C18H31N3O. The van der Waals surface area contributed by atoms with Gasteiger partial charge in [0.05, 0.1) is 0 Å². The first kappa shape index (κ1) is 14.9. The Bertz CT molecular complexity index is 377. The highest BCUT2D eigenvalue weighted by atomic mass is 16.1. The molecule has 4 heteroatoms. The summed E-state index contributed by atoms with van der Waals surface area (Å²) in [5, 5.41) is 6.65. The van der Waals surface area contributed by atoms with E-state index in [4.69, 9.17) is 0 Å². The van der Waals surface area contributed by atoms with Gasteiger partial charge in [0, 0.05) is 38.6 Å². The Balaban J connectivity index is 1.21. The summed E-state index contributed by atoms with van der Waals surface area (Å²) in [7, 11) is 0. The molecule has 0 atom stereocenters. The fourth-order valence-corrected chi connectivity index (χ4v) is 5.92. The van der Waals surface area contributed by atoms with Crippen LogP contribution >= 0.6 is 0 Å². The van der Waals surface area contributed by atoms with Crippen LogP contribution in [0.25, 0.3) is 0 Å². The van der Waals surface area contributed by atoms with Crippen molar-refractivity contribution in [2.24, 2.45) is 29.6 Å². The van der Waals surface area contributed by atoms with Crippen molar-refractivity contribution in [3.63, 3.8) is 0 Å². The fourth-order valence-electron chi connectivity index (χ4n) is 5.92. The summed E-state index contributed by atoms with van der Waals surface area (Å²) in [6, 6.07) is 0. The molecule has 2 N–H and O–H groups in total. The first-order valence-corrected chi connectivity index (χ1v) is 9.50. The van der Waals surface area contributed by atoms with Crippen LogP contribution in [-0.4, -0.2) is 50.1 Å². The van der Waals surface area contributed by atoms with Crippen LogP contribution in [0.5, 0.6) is 0 Å². The van der Waals surface area contributed by atoms with Crippen LogP contribution in [0.1, 0.15) is 38.5 Å². The minimum atomic E-state index is 0.354. The third kappa shape index (κ3) is 3.05. The molecule has 4 saturated carbocycles. The molecule has 1 heterocycles. The first-order chi connectivity index (χ1) is 10.8. The Morgan fingerprint density at radius 1 is 1.00 bits per heavy atom. The number of hydrogen-bond acceptors (Lipinski definition) is 3. The SMILES string of the molecule is O=C(NCCCN1CCNCC1)C1C2CC3CC(C2)CC1C3. The Hall–Kier alpha value is -0.610. The second kappa shape index (κ2) is 6.48. The average Bonchev–Trinajstić information content (AvgIpc) is 2.51. The zero-order valence-electron chi connectivity index (χ0n) is 13.7. The van der Waals surface area contributed by atoms with Gasteiger partial charge in [-0.25, -0.2) is 0 Å². The van der Waals surface area contributed by atoms with Crippen molar-refractivity contribution in [3.8, 4) is 0 Å². The number of nitrogens with one attached hydrogen (secondary N) is 2. The van der Waals surface area contributed by atoms with Gasteiger partial charge < -0.3 is 15.5 Å². The predicted octanol–water partition coefficient (Wildman–Crippen LogP) is 1.47. The number of hydrogen-bond donors (Lipinski definition) is 2. The van der Waals surface area contributed by atoms with E-state index in [-0.39, 0.29) is 0 Å². The van der Waals surface area contributed by atoms with Crippen LogP contribution in [0.15, 0.2) is 0 Å². The highest BCUT2D eigenvalue weighted by Gasteiger charge is 2.50. The summed E-state index contributed by atoms with van der Waals surface area (Å²) in [6.45, 7) is 6.53. The van der Waals surface area contributed by atoms with Crippen molar-refractivity contribution in [2.75, 3.05) is 39.3 Å². The van der Waals surface area contributed by atoms with Crippen molar-refractivity contribution in [2.45, 2.75) is 38.5 Å². The summed E-state index contributed by atoms with van der Waals surface area (Å²) in [5.41, 5.74) is 0. The number of amides is 1. The van der Waals surface area contributed by atoms with E-state index in [9.17, 15) is 4.79 Å². The van der Waals surface area contributed by atoms with Gasteiger partial charge in [0.2, 0.25) is 5.91 Å². The topological polar surface area (TPSA) is 44.4 Å². The lowest BCUT2D eigenvalue weighted by Gasteiger charge is -2.53. The highest BCUT2D eigenvalue weighted by molar-refractivity contribution is 5.79. The summed E-state index contributed by atoms with van der Waals surface area (Å²) in [6.07, 6.45) is 7.92. The molecule has 4 aliphatic carbocycles. The van der Waals surface area contributed by atoms with Crippen LogP contribution in [0, 0.1) is 29.6 Å². The normalized spacial score (nSPS) is 40.8. The molecule has 0 aromatic carbocycles. The zero-order valence-corrected chi connectivity index (χ0v) is 13.7. The van der Waals surface area contributed by atoms with Gasteiger partial charge in [-0.1, -0.05) is 0 Å². The van der Waals surface area contributed by atoms with E-state index in [1.54, 1.807) is 0 Å². The number of carbonyl (C=O) groups is 1. The van der Waals surface area contributed by atoms with Crippen LogP contribution in [-0.2, 0) is 4.79 Å². The van der Waals surface area contributed by atoms with E-state index in [0.29, 0.717) is 23.7 Å². The molecule has 5 rings (SSSR count). The molecule has 22 heavy (non-hydrogen) atoms. The smallest absolute Gasteiger partial charge is 0.223 e. The lowest BCUT2D eigenvalue weighted by Crippen LogP contribution is -2.51. The Morgan fingerprint density at radius 2 is 1.64 bits per heavy atom. The van der Waals surface area contributed by atoms with Crippen molar-refractivity contribution < 1.29 is 4.79 Å². The van der Waals surface area contributed by atoms with Crippen molar-refractivity contribution in [1.82, 2.24) is 15.5 Å².